The average molecular weight is 303 g/mol. The molecule has 104 valence electrons. The van der Waals surface area contributed by atoms with E-state index in [-0.39, 0.29) is 0 Å². The second-order valence-electron chi connectivity index (χ2n) is 5.95. The van der Waals surface area contributed by atoms with Gasteiger partial charge in [-0.25, -0.2) is 0 Å². The molecule has 2 saturated heterocycles. The third kappa shape index (κ3) is 1.48. The first-order valence-corrected chi connectivity index (χ1v) is 9.33. The summed E-state index contributed by atoms with van der Waals surface area (Å²) < 4.78 is 6.62. The molecule has 2 fully saturated rings. The van der Waals surface area contributed by atoms with Crippen molar-refractivity contribution in [3.05, 3.63) is 35.5 Å². The second-order valence-corrected chi connectivity index (χ2v) is 9.06. The molecule has 3 aliphatic rings. The summed E-state index contributed by atoms with van der Waals surface area (Å²) in [5.74, 6) is 3.26. The molecule has 2 unspecified atom stereocenters. The van der Waals surface area contributed by atoms with Gasteiger partial charge in [-0.15, -0.1) is 23.5 Å². The van der Waals surface area contributed by atoms with Crippen molar-refractivity contribution in [1.29, 1.82) is 0 Å². The van der Waals surface area contributed by atoms with Crippen LogP contribution in [0.3, 0.4) is 0 Å². The largest absolute Gasteiger partial charge is 0.369 e. The zero-order valence-corrected chi connectivity index (χ0v) is 12.9. The first-order chi connectivity index (χ1) is 9.87. The van der Waals surface area contributed by atoms with Crippen molar-refractivity contribution in [2.75, 3.05) is 18.1 Å². The van der Waals surface area contributed by atoms with Gasteiger partial charge >= 0.3 is 0 Å². The molecule has 2 aliphatic heterocycles. The summed E-state index contributed by atoms with van der Waals surface area (Å²) in [7, 11) is 0. The molecule has 0 saturated carbocycles. The van der Waals surface area contributed by atoms with Crippen LogP contribution in [0.25, 0.3) is 10.9 Å². The van der Waals surface area contributed by atoms with Gasteiger partial charge in [0.15, 0.2) is 0 Å². The molecular weight excluding hydrogens is 286 g/mol. The molecule has 2 atom stereocenters. The summed E-state index contributed by atoms with van der Waals surface area (Å²) in [6, 6.07) is 8.69. The van der Waals surface area contributed by atoms with E-state index in [0.29, 0.717) is 16.1 Å². The number of aromatic amines is 1. The molecule has 1 aliphatic carbocycles. The standard InChI is InChI=1S/C16H17NOS2/c1-2-4-13-10(3-1)11-5-6-12-15(14(11)17-13)18-9-16(12)19-7-8-20-16/h1-4,12,15,17H,5-9H2. The number of aromatic nitrogens is 1. The number of H-pyrrole nitrogens is 1. The highest BCUT2D eigenvalue weighted by Gasteiger charge is 2.54. The van der Waals surface area contributed by atoms with Crippen LogP contribution in [0.1, 0.15) is 23.8 Å². The minimum absolute atomic E-state index is 0.296. The smallest absolute Gasteiger partial charge is 0.103 e. The Morgan fingerprint density at radius 3 is 2.95 bits per heavy atom. The number of para-hydroxylation sites is 1. The number of hydrogen-bond acceptors (Lipinski definition) is 3. The molecule has 1 aromatic heterocycles. The number of ether oxygens (including phenoxy) is 1. The molecule has 0 radical (unpaired) electrons. The van der Waals surface area contributed by atoms with Crippen molar-refractivity contribution >= 4 is 34.4 Å². The van der Waals surface area contributed by atoms with Crippen molar-refractivity contribution in [3.8, 4) is 0 Å². The van der Waals surface area contributed by atoms with Gasteiger partial charge in [0.25, 0.3) is 0 Å². The van der Waals surface area contributed by atoms with Crippen LogP contribution in [-0.2, 0) is 11.2 Å². The molecule has 1 spiro atoms. The quantitative estimate of drug-likeness (QED) is 0.797. The van der Waals surface area contributed by atoms with Crippen LogP contribution in [0.15, 0.2) is 24.3 Å². The van der Waals surface area contributed by atoms with Gasteiger partial charge in [0.2, 0.25) is 0 Å². The summed E-state index contributed by atoms with van der Waals surface area (Å²) in [6.07, 6.45) is 2.77. The van der Waals surface area contributed by atoms with E-state index in [1.807, 2.05) is 0 Å². The van der Waals surface area contributed by atoms with Crippen molar-refractivity contribution in [2.45, 2.75) is 23.0 Å². The van der Waals surface area contributed by atoms with Crippen LogP contribution in [-0.4, -0.2) is 27.2 Å². The highest BCUT2D eigenvalue weighted by Crippen LogP contribution is 2.61. The Morgan fingerprint density at radius 1 is 1.20 bits per heavy atom. The number of aryl methyl sites for hydroxylation is 1. The van der Waals surface area contributed by atoms with Crippen molar-refractivity contribution in [2.24, 2.45) is 5.92 Å². The van der Waals surface area contributed by atoms with Crippen LogP contribution in [0.5, 0.6) is 0 Å². The van der Waals surface area contributed by atoms with Gasteiger partial charge < -0.3 is 9.72 Å². The first-order valence-electron chi connectivity index (χ1n) is 7.36. The van der Waals surface area contributed by atoms with Crippen LogP contribution in [0.2, 0.25) is 0 Å². The summed E-state index contributed by atoms with van der Waals surface area (Å²) in [4.78, 5) is 3.65. The fraction of sp³-hybridized carbons (Fsp3) is 0.500. The predicted molar refractivity (Wildman–Crippen MR) is 86.4 cm³/mol. The Hall–Kier alpha value is -0.580. The molecule has 4 heteroatoms. The Morgan fingerprint density at radius 2 is 2.05 bits per heavy atom. The van der Waals surface area contributed by atoms with E-state index in [1.54, 1.807) is 0 Å². The number of fused-ring (bicyclic) bond motifs is 6. The Labute approximate surface area is 127 Å². The van der Waals surface area contributed by atoms with Gasteiger partial charge in [0, 0.05) is 34.0 Å². The maximum Gasteiger partial charge on any atom is 0.103 e. The molecule has 0 amide bonds. The molecule has 3 heterocycles. The van der Waals surface area contributed by atoms with Crippen molar-refractivity contribution < 1.29 is 4.74 Å². The maximum absolute atomic E-state index is 6.28. The lowest BCUT2D eigenvalue weighted by atomic mass is 9.83. The van der Waals surface area contributed by atoms with E-state index in [0.717, 1.165) is 6.61 Å². The predicted octanol–water partition coefficient (Wildman–Crippen LogP) is 3.98. The number of benzene rings is 1. The SMILES string of the molecule is c1ccc2c3c([nH]c2c1)C1OCC2(SCCS2)C1CC3. The lowest BCUT2D eigenvalue weighted by Gasteiger charge is -2.33. The number of thioether (sulfide) groups is 2. The van der Waals surface area contributed by atoms with E-state index < -0.39 is 0 Å². The minimum Gasteiger partial charge on any atom is -0.369 e. The van der Waals surface area contributed by atoms with Gasteiger partial charge in [-0.1, -0.05) is 18.2 Å². The van der Waals surface area contributed by atoms with Gasteiger partial charge in [-0.2, -0.15) is 0 Å². The number of rotatable bonds is 0. The molecular formula is C16H17NOS2. The third-order valence-electron chi connectivity index (χ3n) is 5.01. The fourth-order valence-corrected chi connectivity index (χ4v) is 7.52. The molecule has 2 nitrogen and oxygen atoms in total. The first kappa shape index (κ1) is 12.0. The van der Waals surface area contributed by atoms with Crippen LogP contribution in [0.4, 0.5) is 0 Å². The third-order valence-corrected chi connectivity index (χ3v) is 8.61. The number of hydrogen-bond donors (Lipinski definition) is 1. The normalized spacial score (nSPS) is 30.8. The Balaban J connectivity index is 1.63. The Bertz CT molecular complexity index is 674. The maximum atomic E-state index is 6.28. The molecule has 1 N–H and O–H groups in total. The number of nitrogens with one attached hydrogen (secondary N) is 1. The summed E-state index contributed by atoms with van der Waals surface area (Å²) in [6.45, 7) is 0.923. The van der Waals surface area contributed by atoms with Crippen molar-refractivity contribution in [1.82, 2.24) is 4.98 Å². The van der Waals surface area contributed by atoms with E-state index in [1.165, 1.54) is 46.5 Å². The second kappa shape index (κ2) is 4.21. The molecule has 0 bridgehead atoms. The molecule has 2 aromatic rings. The summed E-state index contributed by atoms with van der Waals surface area (Å²) in [5, 5.41) is 1.40. The highest BCUT2D eigenvalue weighted by atomic mass is 32.2. The van der Waals surface area contributed by atoms with E-state index in [4.69, 9.17) is 4.74 Å². The van der Waals surface area contributed by atoms with Crippen LogP contribution in [0, 0.1) is 5.92 Å². The van der Waals surface area contributed by atoms with Crippen molar-refractivity contribution in [3.63, 3.8) is 0 Å². The lowest BCUT2D eigenvalue weighted by Crippen LogP contribution is -2.31. The van der Waals surface area contributed by atoms with Gasteiger partial charge in [-0.05, 0) is 24.5 Å². The molecule has 5 rings (SSSR count). The van der Waals surface area contributed by atoms with Crippen LogP contribution >= 0.6 is 23.5 Å². The minimum atomic E-state index is 0.296. The van der Waals surface area contributed by atoms with E-state index in [9.17, 15) is 0 Å². The zero-order valence-electron chi connectivity index (χ0n) is 11.2. The van der Waals surface area contributed by atoms with E-state index in [2.05, 4.69) is 52.8 Å². The lowest BCUT2D eigenvalue weighted by molar-refractivity contribution is 0.0804. The highest BCUT2D eigenvalue weighted by molar-refractivity contribution is 8.21. The molecule has 1 aromatic carbocycles. The zero-order chi connectivity index (χ0) is 13.2. The fourth-order valence-electron chi connectivity index (χ4n) is 4.12. The summed E-state index contributed by atoms with van der Waals surface area (Å²) in [5.41, 5.74) is 4.15. The monoisotopic (exact) mass is 303 g/mol. The Kier molecular flexibility index (Phi) is 2.53. The average Bonchev–Trinajstić information content (AvgIpc) is 3.18. The topological polar surface area (TPSA) is 25.0 Å². The van der Waals surface area contributed by atoms with E-state index >= 15 is 0 Å². The van der Waals surface area contributed by atoms with Gasteiger partial charge in [0.05, 0.1) is 10.7 Å². The molecule has 20 heavy (non-hydrogen) atoms. The van der Waals surface area contributed by atoms with Crippen LogP contribution < -0.4 is 0 Å². The van der Waals surface area contributed by atoms with Gasteiger partial charge in [-0.3, -0.25) is 0 Å². The van der Waals surface area contributed by atoms with Gasteiger partial charge in [0.1, 0.15) is 6.10 Å². The summed E-state index contributed by atoms with van der Waals surface area (Å²) >= 11 is 4.29.